The molecule has 0 bridgehead atoms. The minimum absolute atomic E-state index is 0.0459. The average molecular weight is 286 g/mol. The van der Waals surface area contributed by atoms with E-state index in [9.17, 15) is 0 Å². The molecule has 0 saturated heterocycles. The van der Waals surface area contributed by atoms with Crippen LogP contribution in [0.15, 0.2) is 36.7 Å². The average Bonchev–Trinajstić information content (AvgIpc) is 2.53. The number of benzene rings is 1. The van der Waals surface area contributed by atoms with Gasteiger partial charge in [-0.25, -0.2) is 0 Å². The molecule has 0 amide bonds. The van der Waals surface area contributed by atoms with Crippen molar-refractivity contribution < 1.29 is 9.47 Å². The fraction of sp³-hybridized carbons (Fsp3) is 0.353. The number of nitrogens with one attached hydrogen (secondary N) is 1. The van der Waals surface area contributed by atoms with E-state index in [0.717, 1.165) is 29.2 Å². The summed E-state index contributed by atoms with van der Waals surface area (Å²) in [5.41, 5.74) is 3.44. The summed E-state index contributed by atoms with van der Waals surface area (Å²) in [4.78, 5) is 4.26. The molecule has 1 atom stereocenters. The fourth-order valence-corrected chi connectivity index (χ4v) is 2.43. The topological polar surface area (TPSA) is 43.4 Å². The van der Waals surface area contributed by atoms with E-state index in [1.54, 1.807) is 14.2 Å². The normalized spacial score (nSPS) is 12.0. The van der Waals surface area contributed by atoms with Crippen molar-refractivity contribution in [1.82, 2.24) is 10.3 Å². The lowest BCUT2D eigenvalue weighted by Crippen LogP contribution is -2.23. The summed E-state index contributed by atoms with van der Waals surface area (Å²) in [6.07, 6.45) is 3.72. The molecule has 4 heteroatoms. The van der Waals surface area contributed by atoms with Crippen LogP contribution in [-0.4, -0.2) is 25.7 Å². The number of aromatic nitrogens is 1. The largest absolute Gasteiger partial charge is 0.497 e. The van der Waals surface area contributed by atoms with Crippen molar-refractivity contribution in [2.75, 3.05) is 20.8 Å². The summed E-state index contributed by atoms with van der Waals surface area (Å²) in [6.45, 7) is 5.04. The number of methoxy groups -OCH3 is 2. The second-order valence-electron chi connectivity index (χ2n) is 4.83. The standard InChI is InChI=1S/C17H22N2O2/c1-5-19-17(15-11-18-9-8-12(15)2)14-7-6-13(20-3)10-16(14)21-4/h6-11,17,19H,5H2,1-4H3. The number of hydrogen-bond donors (Lipinski definition) is 1. The van der Waals surface area contributed by atoms with Gasteiger partial charge in [-0.1, -0.05) is 6.92 Å². The van der Waals surface area contributed by atoms with Gasteiger partial charge in [0, 0.05) is 24.0 Å². The lowest BCUT2D eigenvalue weighted by molar-refractivity contribution is 0.387. The van der Waals surface area contributed by atoms with Crippen LogP contribution < -0.4 is 14.8 Å². The highest BCUT2D eigenvalue weighted by Crippen LogP contribution is 2.33. The van der Waals surface area contributed by atoms with Crippen LogP contribution in [0.3, 0.4) is 0 Å². The zero-order valence-electron chi connectivity index (χ0n) is 13.0. The van der Waals surface area contributed by atoms with Gasteiger partial charge in [0.25, 0.3) is 0 Å². The molecule has 21 heavy (non-hydrogen) atoms. The molecule has 0 fully saturated rings. The summed E-state index contributed by atoms with van der Waals surface area (Å²) < 4.78 is 10.8. The van der Waals surface area contributed by atoms with Gasteiger partial charge in [0.2, 0.25) is 0 Å². The highest BCUT2D eigenvalue weighted by atomic mass is 16.5. The van der Waals surface area contributed by atoms with E-state index in [-0.39, 0.29) is 6.04 Å². The Bertz CT molecular complexity index is 599. The van der Waals surface area contributed by atoms with E-state index < -0.39 is 0 Å². The van der Waals surface area contributed by atoms with Gasteiger partial charge in [-0.15, -0.1) is 0 Å². The number of ether oxygens (including phenoxy) is 2. The molecule has 1 aromatic carbocycles. The Kier molecular flexibility index (Phi) is 5.17. The van der Waals surface area contributed by atoms with Crippen molar-refractivity contribution in [2.45, 2.75) is 19.9 Å². The second-order valence-corrected chi connectivity index (χ2v) is 4.83. The molecular weight excluding hydrogens is 264 g/mol. The SMILES string of the molecule is CCNC(c1cnccc1C)c1ccc(OC)cc1OC. The zero-order valence-corrected chi connectivity index (χ0v) is 13.0. The Labute approximate surface area is 126 Å². The van der Waals surface area contributed by atoms with E-state index >= 15 is 0 Å². The van der Waals surface area contributed by atoms with Gasteiger partial charge in [-0.3, -0.25) is 4.98 Å². The van der Waals surface area contributed by atoms with Gasteiger partial charge in [0.05, 0.1) is 20.3 Å². The first kappa shape index (κ1) is 15.3. The van der Waals surface area contributed by atoms with Gasteiger partial charge in [-0.2, -0.15) is 0 Å². The van der Waals surface area contributed by atoms with E-state index in [0.29, 0.717) is 0 Å². The van der Waals surface area contributed by atoms with Gasteiger partial charge in [-0.05, 0) is 42.8 Å². The molecule has 2 rings (SSSR count). The monoisotopic (exact) mass is 286 g/mol. The van der Waals surface area contributed by atoms with Crippen LogP contribution in [0, 0.1) is 6.92 Å². The number of nitrogens with zero attached hydrogens (tertiary/aromatic N) is 1. The number of pyridine rings is 1. The summed E-state index contributed by atoms with van der Waals surface area (Å²) in [7, 11) is 3.33. The van der Waals surface area contributed by atoms with E-state index in [4.69, 9.17) is 9.47 Å². The van der Waals surface area contributed by atoms with Gasteiger partial charge >= 0.3 is 0 Å². The van der Waals surface area contributed by atoms with Crippen molar-refractivity contribution in [3.05, 3.63) is 53.3 Å². The third-order valence-electron chi connectivity index (χ3n) is 3.55. The highest BCUT2D eigenvalue weighted by Gasteiger charge is 2.19. The molecule has 0 radical (unpaired) electrons. The molecule has 0 spiro atoms. The molecule has 0 aliphatic carbocycles. The van der Waals surface area contributed by atoms with E-state index in [1.165, 1.54) is 5.56 Å². The summed E-state index contributed by atoms with van der Waals surface area (Å²) in [5.74, 6) is 1.59. The first-order chi connectivity index (χ1) is 10.2. The quantitative estimate of drug-likeness (QED) is 0.886. The molecule has 0 saturated carbocycles. The first-order valence-corrected chi connectivity index (χ1v) is 7.07. The maximum absolute atomic E-state index is 5.54. The minimum Gasteiger partial charge on any atom is -0.497 e. The Balaban J connectivity index is 2.50. The lowest BCUT2D eigenvalue weighted by Gasteiger charge is -2.22. The summed E-state index contributed by atoms with van der Waals surface area (Å²) in [6, 6.07) is 7.97. The number of hydrogen-bond acceptors (Lipinski definition) is 4. The van der Waals surface area contributed by atoms with Gasteiger partial charge < -0.3 is 14.8 Å². The maximum Gasteiger partial charge on any atom is 0.127 e. The fourth-order valence-electron chi connectivity index (χ4n) is 2.43. The first-order valence-electron chi connectivity index (χ1n) is 7.07. The molecule has 4 nitrogen and oxygen atoms in total. The predicted octanol–water partition coefficient (Wildman–Crippen LogP) is 3.11. The van der Waals surface area contributed by atoms with Gasteiger partial charge in [0.15, 0.2) is 0 Å². The van der Waals surface area contributed by atoms with Crippen LogP contribution in [0.2, 0.25) is 0 Å². The van der Waals surface area contributed by atoms with Crippen LogP contribution in [0.1, 0.15) is 29.7 Å². The Morgan fingerprint density at radius 2 is 1.95 bits per heavy atom. The van der Waals surface area contributed by atoms with Crippen LogP contribution in [0.5, 0.6) is 11.5 Å². The minimum atomic E-state index is 0.0459. The van der Waals surface area contributed by atoms with Gasteiger partial charge in [0.1, 0.15) is 11.5 Å². The maximum atomic E-state index is 5.54. The molecular formula is C17H22N2O2. The summed E-state index contributed by atoms with van der Waals surface area (Å²) in [5, 5.41) is 3.51. The second kappa shape index (κ2) is 7.09. The van der Waals surface area contributed by atoms with E-state index in [1.807, 2.05) is 36.7 Å². The van der Waals surface area contributed by atoms with Crippen LogP contribution >= 0.6 is 0 Å². The third-order valence-corrected chi connectivity index (χ3v) is 3.55. The van der Waals surface area contributed by atoms with Crippen LogP contribution in [0.25, 0.3) is 0 Å². The lowest BCUT2D eigenvalue weighted by atomic mass is 9.95. The predicted molar refractivity (Wildman–Crippen MR) is 84.0 cm³/mol. The molecule has 1 N–H and O–H groups in total. The molecule has 1 unspecified atom stereocenters. The van der Waals surface area contributed by atoms with Crippen LogP contribution in [0.4, 0.5) is 0 Å². The van der Waals surface area contributed by atoms with Crippen LogP contribution in [-0.2, 0) is 0 Å². The number of rotatable bonds is 6. The van der Waals surface area contributed by atoms with Crippen molar-refractivity contribution in [3.63, 3.8) is 0 Å². The van der Waals surface area contributed by atoms with Crippen molar-refractivity contribution in [1.29, 1.82) is 0 Å². The molecule has 0 aliphatic rings. The Morgan fingerprint density at radius 3 is 2.57 bits per heavy atom. The Hall–Kier alpha value is -2.07. The molecule has 1 aromatic heterocycles. The summed E-state index contributed by atoms with van der Waals surface area (Å²) >= 11 is 0. The third kappa shape index (κ3) is 3.34. The van der Waals surface area contributed by atoms with E-state index in [2.05, 4.69) is 24.1 Å². The highest BCUT2D eigenvalue weighted by molar-refractivity contribution is 5.47. The van der Waals surface area contributed by atoms with Crippen molar-refractivity contribution >= 4 is 0 Å². The molecule has 112 valence electrons. The molecule has 1 heterocycles. The molecule has 0 aliphatic heterocycles. The van der Waals surface area contributed by atoms with Crippen molar-refractivity contribution in [3.8, 4) is 11.5 Å². The Morgan fingerprint density at radius 1 is 1.14 bits per heavy atom. The zero-order chi connectivity index (χ0) is 15.2. The number of aryl methyl sites for hydroxylation is 1. The van der Waals surface area contributed by atoms with Crippen molar-refractivity contribution in [2.24, 2.45) is 0 Å². The smallest absolute Gasteiger partial charge is 0.127 e. The molecule has 2 aromatic rings.